The van der Waals surface area contributed by atoms with Crippen molar-refractivity contribution in [1.29, 1.82) is 0 Å². The molecule has 0 fully saturated rings. The Morgan fingerprint density at radius 2 is 2.11 bits per heavy atom. The Morgan fingerprint density at radius 3 is 2.74 bits per heavy atom. The van der Waals surface area contributed by atoms with Gasteiger partial charge in [0.05, 0.1) is 12.9 Å². The lowest BCUT2D eigenvalue weighted by atomic mass is 10.1. The average molecular weight is 282 g/mol. The Balaban J connectivity index is 2.37. The molecule has 0 amide bonds. The van der Waals surface area contributed by atoms with Crippen molar-refractivity contribution in [3.63, 3.8) is 0 Å². The maximum atomic E-state index is 11.5. The topological polar surface area (TPSA) is 60.3 Å². The molecule has 2 aromatic rings. The van der Waals surface area contributed by atoms with Gasteiger partial charge >= 0.3 is 0 Å². The molecule has 0 aliphatic heterocycles. The second-order valence-electron chi connectivity index (χ2n) is 4.37. The summed E-state index contributed by atoms with van der Waals surface area (Å²) in [4.78, 5) is 0. The van der Waals surface area contributed by atoms with Gasteiger partial charge in [-0.25, -0.2) is 13.1 Å². The zero-order valence-electron chi connectivity index (χ0n) is 11.3. The molecule has 0 aliphatic carbocycles. The molecule has 0 saturated heterocycles. The number of sulfonamides is 1. The highest BCUT2D eigenvalue weighted by atomic mass is 32.2. The van der Waals surface area contributed by atoms with Crippen LogP contribution < -0.4 is 9.46 Å². The molecule has 0 unspecified atom stereocenters. The first-order chi connectivity index (χ1) is 8.96. The molecule has 1 N–H and O–H groups in total. The van der Waals surface area contributed by atoms with E-state index >= 15 is 0 Å². The fourth-order valence-electron chi connectivity index (χ4n) is 2.01. The van der Waals surface area contributed by atoms with Gasteiger partial charge in [-0.3, -0.25) is 0 Å². The number of ether oxygens (including phenoxy) is 1. The highest BCUT2D eigenvalue weighted by molar-refractivity contribution is 7.89. The number of aromatic nitrogens is 1. The van der Waals surface area contributed by atoms with Crippen molar-refractivity contribution in [3.05, 3.63) is 30.0 Å². The molecule has 2 rings (SSSR count). The third-order valence-corrected chi connectivity index (χ3v) is 4.49. The molecule has 19 heavy (non-hydrogen) atoms. The molecule has 6 heteroatoms. The summed E-state index contributed by atoms with van der Waals surface area (Å²) in [7, 11) is 0.369. The number of fused-ring (bicyclic) bond motifs is 1. The molecule has 1 aromatic carbocycles. The monoisotopic (exact) mass is 282 g/mol. The molecule has 0 radical (unpaired) electrons. The lowest BCUT2D eigenvalue weighted by molar-refractivity contribution is 0.415. The van der Waals surface area contributed by atoms with Crippen LogP contribution in [-0.4, -0.2) is 25.8 Å². The van der Waals surface area contributed by atoms with Gasteiger partial charge in [-0.1, -0.05) is 0 Å². The van der Waals surface area contributed by atoms with E-state index in [1.165, 1.54) is 0 Å². The first-order valence-corrected chi connectivity index (χ1v) is 7.71. The predicted molar refractivity (Wildman–Crippen MR) is 75.8 cm³/mol. The smallest absolute Gasteiger partial charge is 0.211 e. The van der Waals surface area contributed by atoms with Crippen molar-refractivity contribution in [1.82, 2.24) is 9.29 Å². The Bertz CT molecular complexity index is 689. The van der Waals surface area contributed by atoms with E-state index in [9.17, 15) is 8.42 Å². The predicted octanol–water partition coefficient (Wildman–Crippen LogP) is 1.63. The van der Waals surface area contributed by atoms with Gasteiger partial charge in [-0.05, 0) is 30.7 Å². The number of nitrogens with one attached hydrogen (secondary N) is 1. The van der Waals surface area contributed by atoms with Crippen LogP contribution in [0.5, 0.6) is 5.75 Å². The normalized spacial score (nSPS) is 11.9. The summed E-state index contributed by atoms with van der Waals surface area (Å²) >= 11 is 0. The average Bonchev–Trinajstić information content (AvgIpc) is 2.73. The quantitative estimate of drug-likeness (QED) is 0.906. The maximum Gasteiger partial charge on any atom is 0.211 e. The second-order valence-corrected chi connectivity index (χ2v) is 6.47. The minimum absolute atomic E-state index is 0.0844. The third kappa shape index (κ3) is 2.90. The van der Waals surface area contributed by atoms with E-state index < -0.39 is 10.0 Å². The number of hydrogen-bond acceptors (Lipinski definition) is 3. The van der Waals surface area contributed by atoms with Crippen molar-refractivity contribution in [2.75, 3.05) is 12.9 Å². The van der Waals surface area contributed by atoms with Gasteiger partial charge in [0.15, 0.2) is 0 Å². The number of nitrogens with zero attached hydrogens (tertiary/aromatic N) is 1. The zero-order valence-corrected chi connectivity index (χ0v) is 12.1. The van der Waals surface area contributed by atoms with Crippen molar-refractivity contribution >= 4 is 20.9 Å². The van der Waals surface area contributed by atoms with E-state index in [1.807, 2.05) is 36.0 Å². The van der Waals surface area contributed by atoms with Gasteiger partial charge in [0.1, 0.15) is 5.75 Å². The summed E-state index contributed by atoms with van der Waals surface area (Å²) in [6, 6.07) is 5.78. The van der Waals surface area contributed by atoms with Crippen LogP contribution in [0.2, 0.25) is 0 Å². The highest BCUT2D eigenvalue weighted by Crippen LogP contribution is 2.25. The molecule has 0 atom stereocenters. The van der Waals surface area contributed by atoms with Crippen molar-refractivity contribution < 1.29 is 13.2 Å². The SMILES string of the molecule is CCS(=O)(=O)NCc1cn(C)c2ccc(OC)cc12. The van der Waals surface area contributed by atoms with E-state index in [4.69, 9.17) is 4.74 Å². The van der Waals surface area contributed by atoms with Crippen LogP contribution in [0.15, 0.2) is 24.4 Å². The summed E-state index contributed by atoms with van der Waals surface area (Å²) in [6.45, 7) is 1.91. The first-order valence-electron chi connectivity index (χ1n) is 6.06. The van der Waals surface area contributed by atoms with Crippen molar-refractivity contribution in [2.24, 2.45) is 7.05 Å². The zero-order chi connectivity index (χ0) is 14.0. The summed E-state index contributed by atoms with van der Waals surface area (Å²) in [6.07, 6.45) is 1.93. The Kier molecular flexibility index (Phi) is 3.82. The van der Waals surface area contributed by atoms with Crippen LogP contribution in [0.3, 0.4) is 0 Å². The van der Waals surface area contributed by atoms with Gasteiger partial charge in [-0.2, -0.15) is 0 Å². The number of benzene rings is 1. The maximum absolute atomic E-state index is 11.5. The van der Waals surface area contributed by atoms with E-state index in [-0.39, 0.29) is 5.75 Å². The van der Waals surface area contributed by atoms with Crippen LogP contribution >= 0.6 is 0 Å². The molecule has 1 heterocycles. The summed E-state index contributed by atoms with van der Waals surface area (Å²) in [5, 5.41) is 1.00. The number of hydrogen-bond donors (Lipinski definition) is 1. The van der Waals surface area contributed by atoms with Crippen LogP contribution in [0, 0.1) is 0 Å². The van der Waals surface area contributed by atoms with Crippen molar-refractivity contribution in [2.45, 2.75) is 13.5 Å². The molecule has 0 bridgehead atoms. The molecule has 104 valence electrons. The minimum Gasteiger partial charge on any atom is -0.497 e. The summed E-state index contributed by atoms with van der Waals surface area (Å²) in [5.74, 6) is 0.847. The number of methoxy groups -OCH3 is 1. The molecule has 0 saturated carbocycles. The molecule has 0 aliphatic rings. The number of rotatable bonds is 5. The van der Waals surface area contributed by atoms with Crippen LogP contribution in [0.1, 0.15) is 12.5 Å². The Labute approximate surface area is 113 Å². The summed E-state index contributed by atoms with van der Waals surface area (Å²) < 4.78 is 32.8. The van der Waals surface area contributed by atoms with Gasteiger partial charge in [0.25, 0.3) is 0 Å². The number of aryl methyl sites for hydroxylation is 1. The van der Waals surface area contributed by atoms with Gasteiger partial charge in [-0.15, -0.1) is 0 Å². The Hall–Kier alpha value is -1.53. The van der Waals surface area contributed by atoms with Gasteiger partial charge in [0, 0.05) is 30.7 Å². The largest absolute Gasteiger partial charge is 0.497 e. The van der Waals surface area contributed by atoms with Crippen molar-refractivity contribution in [3.8, 4) is 5.75 Å². The molecular weight excluding hydrogens is 264 g/mol. The standard InChI is InChI=1S/C13H18N2O3S/c1-4-19(16,17)14-8-10-9-15(2)13-6-5-11(18-3)7-12(10)13/h5-7,9,14H,4,8H2,1-3H3. The minimum atomic E-state index is -3.18. The lowest BCUT2D eigenvalue weighted by Gasteiger charge is -2.04. The molecular formula is C13H18N2O3S. The van der Waals surface area contributed by atoms with Gasteiger partial charge in [0.2, 0.25) is 10.0 Å². The van der Waals surface area contributed by atoms with Crippen LogP contribution in [0.25, 0.3) is 10.9 Å². The van der Waals surface area contributed by atoms with E-state index in [0.29, 0.717) is 6.54 Å². The fraction of sp³-hybridized carbons (Fsp3) is 0.385. The highest BCUT2D eigenvalue weighted by Gasteiger charge is 2.11. The van der Waals surface area contributed by atoms with Crippen LogP contribution in [0.4, 0.5) is 0 Å². The van der Waals surface area contributed by atoms with E-state index in [1.54, 1.807) is 14.0 Å². The fourth-order valence-corrected chi connectivity index (χ4v) is 2.59. The molecule has 5 nitrogen and oxygen atoms in total. The lowest BCUT2D eigenvalue weighted by Crippen LogP contribution is -2.24. The van der Waals surface area contributed by atoms with Gasteiger partial charge < -0.3 is 9.30 Å². The molecule has 1 aromatic heterocycles. The second kappa shape index (κ2) is 5.22. The van der Waals surface area contributed by atoms with E-state index in [2.05, 4.69) is 4.72 Å². The summed E-state index contributed by atoms with van der Waals surface area (Å²) in [5.41, 5.74) is 1.99. The van der Waals surface area contributed by atoms with E-state index in [0.717, 1.165) is 22.2 Å². The third-order valence-electron chi connectivity index (χ3n) is 3.14. The first kappa shape index (κ1) is 13.9. The molecule has 0 spiro atoms. The van der Waals surface area contributed by atoms with Crippen LogP contribution in [-0.2, 0) is 23.6 Å². The Morgan fingerprint density at radius 1 is 1.37 bits per heavy atom.